The molecule has 0 heterocycles. The average Bonchev–Trinajstić information content (AvgIpc) is 2.38. The van der Waals surface area contributed by atoms with E-state index in [-0.39, 0.29) is 0 Å². The number of methoxy groups -OCH3 is 1. The van der Waals surface area contributed by atoms with Crippen molar-refractivity contribution in [3.63, 3.8) is 0 Å². The van der Waals surface area contributed by atoms with E-state index in [0.29, 0.717) is 0 Å². The van der Waals surface area contributed by atoms with Crippen LogP contribution < -0.4 is 10.1 Å². The summed E-state index contributed by atoms with van der Waals surface area (Å²) in [5.41, 5.74) is 2.41. The van der Waals surface area contributed by atoms with Crippen LogP contribution in [0.5, 0.6) is 5.75 Å². The minimum absolute atomic E-state index is 0.923. The summed E-state index contributed by atoms with van der Waals surface area (Å²) in [6, 6.07) is 6.36. The first-order chi connectivity index (χ1) is 9.17. The van der Waals surface area contributed by atoms with Gasteiger partial charge in [-0.2, -0.15) is 11.8 Å². The molecular weight excluding hydrogens is 256 g/mol. The van der Waals surface area contributed by atoms with Gasteiger partial charge in [0.15, 0.2) is 0 Å². The number of unbranched alkanes of at least 4 members (excludes halogenated alkanes) is 1. The summed E-state index contributed by atoms with van der Waals surface area (Å²) in [5, 5.41) is 3.48. The van der Waals surface area contributed by atoms with Gasteiger partial charge in [0.25, 0.3) is 0 Å². The minimum Gasteiger partial charge on any atom is -0.495 e. The highest BCUT2D eigenvalue weighted by Gasteiger charge is 2.04. The molecule has 1 aromatic carbocycles. The van der Waals surface area contributed by atoms with Crippen molar-refractivity contribution in [2.75, 3.05) is 45.1 Å². The van der Waals surface area contributed by atoms with Crippen molar-refractivity contribution in [2.45, 2.75) is 19.4 Å². The second-order valence-corrected chi connectivity index (χ2v) is 5.88. The molecular formula is C15H26N2OS. The van der Waals surface area contributed by atoms with E-state index in [4.69, 9.17) is 4.74 Å². The van der Waals surface area contributed by atoms with Crippen molar-refractivity contribution in [3.8, 4) is 5.75 Å². The number of anilines is 1. The van der Waals surface area contributed by atoms with Crippen LogP contribution in [0.15, 0.2) is 18.2 Å². The molecule has 19 heavy (non-hydrogen) atoms. The predicted molar refractivity (Wildman–Crippen MR) is 86.5 cm³/mol. The second kappa shape index (κ2) is 9.10. The Morgan fingerprint density at radius 1 is 1.26 bits per heavy atom. The number of hydrogen-bond donors (Lipinski definition) is 1. The highest BCUT2D eigenvalue weighted by Crippen LogP contribution is 2.26. The van der Waals surface area contributed by atoms with Gasteiger partial charge in [-0.05, 0) is 56.6 Å². The Morgan fingerprint density at radius 3 is 2.68 bits per heavy atom. The van der Waals surface area contributed by atoms with Gasteiger partial charge in [0.05, 0.1) is 12.8 Å². The quantitative estimate of drug-likeness (QED) is 0.702. The highest BCUT2D eigenvalue weighted by atomic mass is 32.2. The first kappa shape index (κ1) is 16.2. The van der Waals surface area contributed by atoms with Crippen LogP contribution in [0.25, 0.3) is 0 Å². The molecule has 0 aromatic heterocycles. The molecule has 0 bridgehead atoms. The Hall–Kier alpha value is -0.870. The molecule has 0 saturated carbocycles. The Kier molecular flexibility index (Phi) is 7.75. The normalized spacial score (nSPS) is 10.8. The minimum atomic E-state index is 0.923. The maximum absolute atomic E-state index is 5.40. The fourth-order valence-electron chi connectivity index (χ4n) is 1.95. The number of nitrogens with zero attached hydrogens (tertiary/aromatic N) is 1. The van der Waals surface area contributed by atoms with Crippen molar-refractivity contribution in [1.29, 1.82) is 0 Å². The lowest BCUT2D eigenvalue weighted by Gasteiger charge is -2.15. The molecule has 0 atom stereocenters. The molecule has 0 fully saturated rings. The number of benzene rings is 1. The standard InChI is InChI=1S/C15H26N2OS/c1-17(2)12-13-7-8-15(18-3)14(11-13)16-9-5-6-10-19-4/h7-8,11,16H,5-6,9-10,12H2,1-4H3. The van der Waals surface area contributed by atoms with Crippen molar-refractivity contribution in [3.05, 3.63) is 23.8 Å². The fourth-order valence-corrected chi connectivity index (χ4v) is 2.44. The number of rotatable bonds is 9. The summed E-state index contributed by atoms with van der Waals surface area (Å²) in [4.78, 5) is 2.17. The molecule has 0 saturated heterocycles. The summed E-state index contributed by atoms with van der Waals surface area (Å²) >= 11 is 1.91. The van der Waals surface area contributed by atoms with Gasteiger partial charge in [-0.1, -0.05) is 6.07 Å². The summed E-state index contributed by atoms with van der Waals surface area (Å²) in [5.74, 6) is 2.16. The molecule has 0 aliphatic rings. The Morgan fingerprint density at radius 2 is 2.05 bits per heavy atom. The van der Waals surface area contributed by atoms with E-state index < -0.39 is 0 Å². The van der Waals surface area contributed by atoms with E-state index in [2.05, 4.69) is 42.7 Å². The summed E-state index contributed by atoms with van der Waals surface area (Å²) in [7, 11) is 5.89. The molecule has 1 rings (SSSR count). The van der Waals surface area contributed by atoms with Gasteiger partial charge in [0, 0.05) is 13.1 Å². The van der Waals surface area contributed by atoms with E-state index in [9.17, 15) is 0 Å². The topological polar surface area (TPSA) is 24.5 Å². The van der Waals surface area contributed by atoms with Gasteiger partial charge in [-0.15, -0.1) is 0 Å². The lowest BCUT2D eigenvalue weighted by Crippen LogP contribution is -2.11. The van der Waals surface area contributed by atoms with E-state index >= 15 is 0 Å². The summed E-state index contributed by atoms with van der Waals surface area (Å²) in [6.45, 7) is 1.95. The Bertz CT molecular complexity index is 369. The Labute approximate surface area is 121 Å². The molecule has 3 nitrogen and oxygen atoms in total. The van der Waals surface area contributed by atoms with E-state index in [0.717, 1.165) is 24.5 Å². The molecule has 1 N–H and O–H groups in total. The molecule has 0 spiro atoms. The lowest BCUT2D eigenvalue weighted by molar-refractivity contribution is 0.400. The van der Waals surface area contributed by atoms with Gasteiger partial charge in [0.1, 0.15) is 5.75 Å². The molecule has 0 radical (unpaired) electrons. The van der Waals surface area contributed by atoms with E-state index in [1.54, 1.807) is 7.11 Å². The third kappa shape index (κ3) is 6.21. The molecule has 0 aliphatic carbocycles. The molecule has 0 aliphatic heterocycles. The zero-order valence-corrected chi connectivity index (χ0v) is 13.3. The van der Waals surface area contributed by atoms with E-state index in [1.165, 1.54) is 24.2 Å². The molecule has 4 heteroatoms. The Balaban J connectivity index is 2.57. The van der Waals surface area contributed by atoms with Crippen LogP contribution in [0.1, 0.15) is 18.4 Å². The van der Waals surface area contributed by atoms with E-state index in [1.807, 2.05) is 17.8 Å². The smallest absolute Gasteiger partial charge is 0.141 e. The number of hydrogen-bond acceptors (Lipinski definition) is 4. The maximum atomic E-state index is 5.40. The first-order valence-corrected chi connectivity index (χ1v) is 8.11. The molecule has 0 unspecified atom stereocenters. The SMILES string of the molecule is COc1ccc(CN(C)C)cc1NCCCCSC. The van der Waals surface area contributed by atoms with Crippen LogP contribution in [0.2, 0.25) is 0 Å². The molecule has 1 aromatic rings. The summed E-state index contributed by atoms with van der Waals surface area (Å²) < 4.78 is 5.40. The highest BCUT2D eigenvalue weighted by molar-refractivity contribution is 7.98. The van der Waals surface area contributed by atoms with Crippen molar-refractivity contribution < 1.29 is 4.74 Å². The molecule has 108 valence electrons. The second-order valence-electron chi connectivity index (χ2n) is 4.90. The third-order valence-corrected chi connectivity index (χ3v) is 3.55. The monoisotopic (exact) mass is 282 g/mol. The van der Waals surface area contributed by atoms with Gasteiger partial charge in [0.2, 0.25) is 0 Å². The van der Waals surface area contributed by atoms with Gasteiger partial charge < -0.3 is 15.0 Å². The van der Waals surface area contributed by atoms with Gasteiger partial charge in [-0.3, -0.25) is 0 Å². The fraction of sp³-hybridized carbons (Fsp3) is 0.600. The number of nitrogens with one attached hydrogen (secondary N) is 1. The lowest BCUT2D eigenvalue weighted by atomic mass is 10.1. The zero-order valence-electron chi connectivity index (χ0n) is 12.5. The number of ether oxygens (including phenoxy) is 1. The predicted octanol–water partition coefficient (Wildman–Crippen LogP) is 3.31. The first-order valence-electron chi connectivity index (χ1n) is 6.72. The van der Waals surface area contributed by atoms with Crippen LogP contribution in [-0.2, 0) is 6.54 Å². The van der Waals surface area contributed by atoms with Crippen molar-refractivity contribution in [2.24, 2.45) is 0 Å². The van der Waals surface area contributed by atoms with Crippen molar-refractivity contribution in [1.82, 2.24) is 4.90 Å². The van der Waals surface area contributed by atoms with Crippen LogP contribution in [0, 0.1) is 0 Å². The summed E-state index contributed by atoms with van der Waals surface area (Å²) in [6.07, 6.45) is 4.61. The van der Waals surface area contributed by atoms with Crippen LogP contribution >= 0.6 is 11.8 Å². The average molecular weight is 282 g/mol. The van der Waals surface area contributed by atoms with Crippen LogP contribution in [-0.4, -0.2) is 44.7 Å². The zero-order chi connectivity index (χ0) is 14.1. The van der Waals surface area contributed by atoms with Crippen LogP contribution in [0.3, 0.4) is 0 Å². The molecule has 0 amide bonds. The van der Waals surface area contributed by atoms with Gasteiger partial charge in [-0.25, -0.2) is 0 Å². The maximum Gasteiger partial charge on any atom is 0.141 e. The largest absolute Gasteiger partial charge is 0.495 e. The van der Waals surface area contributed by atoms with Crippen molar-refractivity contribution >= 4 is 17.4 Å². The van der Waals surface area contributed by atoms with Gasteiger partial charge >= 0.3 is 0 Å². The van der Waals surface area contributed by atoms with Crippen LogP contribution in [0.4, 0.5) is 5.69 Å². The third-order valence-electron chi connectivity index (χ3n) is 2.85. The number of thioether (sulfide) groups is 1.